The summed E-state index contributed by atoms with van der Waals surface area (Å²) in [6.07, 6.45) is 4.09. The molecule has 0 N–H and O–H groups in total. The molecule has 0 aliphatic heterocycles. The summed E-state index contributed by atoms with van der Waals surface area (Å²) >= 11 is 1.33. The monoisotopic (exact) mass is 355 g/mol. The van der Waals surface area contributed by atoms with E-state index >= 15 is 0 Å². The molecule has 126 valence electrons. The molecule has 0 aliphatic rings. The van der Waals surface area contributed by atoms with Crippen molar-refractivity contribution in [3.05, 3.63) is 72.8 Å². The van der Waals surface area contributed by atoms with Gasteiger partial charge in [0.25, 0.3) is 11.4 Å². The van der Waals surface area contributed by atoms with E-state index in [0.29, 0.717) is 28.1 Å². The highest BCUT2D eigenvalue weighted by molar-refractivity contribution is 7.19. The molecule has 0 radical (unpaired) electrons. The summed E-state index contributed by atoms with van der Waals surface area (Å²) < 4.78 is 0.723. The molecule has 25 heavy (non-hydrogen) atoms. The highest BCUT2D eigenvalue weighted by Gasteiger charge is 2.12. The van der Waals surface area contributed by atoms with Crippen LogP contribution in [0.2, 0.25) is 0 Å². The van der Waals surface area contributed by atoms with Gasteiger partial charge in [-0.2, -0.15) is 0 Å². The number of thiazole rings is 1. The highest BCUT2D eigenvalue weighted by Crippen LogP contribution is 2.28. The average Bonchev–Trinajstić information content (AvgIpc) is 3.01. The first kappa shape index (κ1) is 16.7. The van der Waals surface area contributed by atoms with Crippen LogP contribution in [-0.2, 0) is 6.42 Å². The molecule has 0 fully saturated rings. The van der Waals surface area contributed by atoms with Crippen molar-refractivity contribution >= 4 is 45.1 Å². The molecule has 0 bridgehead atoms. The Kier molecular flexibility index (Phi) is 4.53. The van der Waals surface area contributed by atoms with Crippen LogP contribution in [0.4, 0.5) is 11.4 Å². The summed E-state index contributed by atoms with van der Waals surface area (Å²) in [5.74, 6) is 0. The van der Waals surface area contributed by atoms with Crippen LogP contribution in [0.25, 0.3) is 22.4 Å². The van der Waals surface area contributed by atoms with Crippen LogP contribution in [0.3, 0.4) is 0 Å². The Balaban J connectivity index is 1.91. The lowest BCUT2D eigenvalue weighted by Crippen LogP contribution is -1.94. The van der Waals surface area contributed by atoms with E-state index in [4.69, 9.17) is 0 Å². The first-order valence-corrected chi connectivity index (χ1v) is 8.30. The van der Waals surface area contributed by atoms with E-state index in [2.05, 4.69) is 4.98 Å². The number of fused-ring (bicyclic) bond motifs is 1. The maximum absolute atomic E-state index is 11.1. The Bertz CT molecular complexity index is 1010. The quantitative estimate of drug-likeness (QED) is 0.481. The summed E-state index contributed by atoms with van der Waals surface area (Å²) in [5.41, 5.74) is 2.20. The number of rotatable bonds is 5. The minimum absolute atomic E-state index is 0.0254. The Morgan fingerprint density at radius 3 is 2.56 bits per heavy atom. The van der Waals surface area contributed by atoms with Crippen LogP contribution in [0.15, 0.2) is 36.4 Å². The van der Waals surface area contributed by atoms with Crippen molar-refractivity contribution in [3.63, 3.8) is 0 Å². The zero-order chi connectivity index (χ0) is 18.0. The zero-order valence-corrected chi connectivity index (χ0v) is 14.0. The van der Waals surface area contributed by atoms with Crippen LogP contribution < -0.4 is 0 Å². The Morgan fingerprint density at radius 1 is 1.08 bits per heavy atom. The third-order valence-electron chi connectivity index (χ3n) is 3.70. The summed E-state index contributed by atoms with van der Waals surface area (Å²) in [4.78, 5) is 25.5. The van der Waals surface area contributed by atoms with E-state index in [9.17, 15) is 20.2 Å². The first-order chi connectivity index (χ1) is 12.0. The van der Waals surface area contributed by atoms with Crippen molar-refractivity contribution in [2.24, 2.45) is 0 Å². The molecule has 0 saturated heterocycles. The molecular weight excluding hydrogens is 342 g/mol. The van der Waals surface area contributed by atoms with E-state index in [1.165, 1.54) is 29.5 Å². The van der Waals surface area contributed by atoms with Gasteiger partial charge >= 0.3 is 0 Å². The number of benzene rings is 2. The second-order valence-corrected chi connectivity index (χ2v) is 6.36. The Hall–Kier alpha value is -3.13. The number of nitrogens with zero attached hydrogens (tertiary/aromatic N) is 3. The van der Waals surface area contributed by atoms with Gasteiger partial charge in [-0.25, -0.2) is 4.98 Å². The van der Waals surface area contributed by atoms with Crippen molar-refractivity contribution in [1.82, 2.24) is 4.98 Å². The summed E-state index contributed by atoms with van der Waals surface area (Å²) in [5, 5.41) is 22.6. The molecular formula is C17H13N3O4S. The van der Waals surface area contributed by atoms with Gasteiger partial charge in [0.2, 0.25) is 0 Å². The second-order valence-electron chi connectivity index (χ2n) is 5.29. The smallest absolute Gasteiger partial charge is 0.258 e. The van der Waals surface area contributed by atoms with Crippen molar-refractivity contribution in [1.29, 1.82) is 0 Å². The van der Waals surface area contributed by atoms with E-state index in [-0.39, 0.29) is 16.3 Å². The number of nitro benzene ring substituents is 2. The van der Waals surface area contributed by atoms with Gasteiger partial charge in [-0.15, -0.1) is 11.3 Å². The standard InChI is InChI=1S/C17H13N3O4S/c1-2-12-5-3-11(9-15(12)20(23)24)4-8-17-18-14-7-6-13(19(21)22)10-16(14)25-17/h3-10H,2H2,1H3/b8-4+. The minimum Gasteiger partial charge on any atom is -0.258 e. The maximum atomic E-state index is 11.1. The van der Waals surface area contributed by atoms with Gasteiger partial charge in [0, 0.05) is 23.8 Å². The second kappa shape index (κ2) is 6.78. The van der Waals surface area contributed by atoms with Gasteiger partial charge in [0.1, 0.15) is 5.01 Å². The molecule has 0 aliphatic carbocycles. The van der Waals surface area contributed by atoms with Crippen LogP contribution in [0, 0.1) is 20.2 Å². The van der Waals surface area contributed by atoms with Crippen LogP contribution in [0.1, 0.15) is 23.1 Å². The number of nitro groups is 2. The van der Waals surface area contributed by atoms with Gasteiger partial charge in [0.05, 0.1) is 20.1 Å². The molecule has 0 unspecified atom stereocenters. The van der Waals surface area contributed by atoms with E-state index < -0.39 is 4.92 Å². The summed E-state index contributed by atoms with van der Waals surface area (Å²) in [6.45, 7) is 1.87. The SMILES string of the molecule is CCc1ccc(/C=C/c2nc3ccc([N+](=O)[O-])cc3s2)cc1[N+](=O)[O-]. The average molecular weight is 355 g/mol. The predicted molar refractivity (Wildman–Crippen MR) is 97.7 cm³/mol. The molecule has 1 heterocycles. The number of hydrogen-bond donors (Lipinski definition) is 0. The third kappa shape index (κ3) is 3.53. The molecule has 3 aromatic rings. The molecule has 3 rings (SSSR count). The van der Waals surface area contributed by atoms with Gasteiger partial charge < -0.3 is 0 Å². The fourth-order valence-electron chi connectivity index (χ4n) is 2.44. The van der Waals surface area contributed by atoms with Gasteiger partial charge in [0.15, 0.2) is 0 Å². The van der Waals surface area contributed by atoms with Crippen molar-refractivity contribution < 1.29 is 9.85 Å². The lowest BCUT2D eigenvalue weighted by molar-refractivity contribution is -0.385. The van der Waals surface area contributed by atoms with Crippen molar-refractivity contribution in [3.8, 4) is 0 Å². The fraction of sp³-hybridized carbons (Fsp3) is 0.118. The van der Waals surface area contributed by atoms with Crippen LogP contribution in [-0.4, -0.2) is 14.8 Å². The summed E-state index contributed by atoms with van der Waals surface area (Å²) in [7, 11) is 0. The molecule has 1 aromatic heterocycles. The number of aryl methyl sites for hydroxylation is 1. The van der Waals surface area contributed by atoms with E-state index in [1.807, 2.05) is 13.0 Å². The normalized spacial score (nSPS) is 11.2. The first-order valence-electron chi connectivity index (χ1n) is 7.48. The molecule has 0 spiro atoms. The number of hydrogen-bond acceptors (Lipinski definition) is 6. The van der Waals surface area contributed by atoms with E-state index in [1.54, 1.807) is 24.3 Å². The molecule has 0 saturated carbocycles. The third-order valence-corrected chi connectivity index (χ3v) is 4.69. The molecule has 0 amide bonds. The van der Waals surface area contributed by atoms with Crippen LogP contribution in [0.5, 0.6) is 0 Å². The van der Waals surface area contributed by atoms with Crippen molar-refractivity contribution in [2.75, 3.05) is 0 Å². The lowest BCUT2D eigenvalue weighted by Gasteiger charge is -2.00. The Morgan fingerprint density at radius 2 is 1.88 bits per heavy atom. The predicted octanol–water partition coefficient (Wildman–Crippen LogP) is 4.85. The fourth-order valence-corrected chi connectivity index (χ4v) is 3.34. The molecule has 8 heteroatoms. The zero-order valence-electron chi connectivity index (χ0n) is 13.2. The molecule has 2 aromatic carbocycles. The minimum atomic E-state index is -0.441. The van der Waals surface area contributed by atoms with Crippen molar-refractivity contribution in [2.45, 2.75) is 13.3 Å². The van der Waals surface area contributed by atoms with Gasteiger partial charge in [-0.05, 0) is 24.1 Å². The van der Waals surface area contributed by atoms with E-state index in [0.717, 1.165) is 4.70 Å². The van der Waals surface area contributed by atoms with Gasteiger partial charge in [-0.3, -0.25) is 20.2 Å². The summed E-state index contributed by atoms with van der Waals surface area (Å²) in [6, 6.07) is 9.63. The molecule has 7 nitrogen and oxygen atoms in total. The number of aromatic nitrogens is 1. The number of non-ortho nitro benzene ring substituents is 1. The maximum Gasteiger partial charge on any atom is 0.273 e. The topological polar surface area (TPSA) is 99.2 Å². The molecule has 0 atom stereocenters. The van der Waals surface area contributed by atoms with Gasteiger partial charge in [-0.1, -0.05) is 25.1 Å². The Labute approximate surface area is 146 Å². The lowest BCUT2D eigenvalue weighted by atomic mass is 10.1. The highest BCUT2D eigenvalue weighted by atomic mass is 32.1. The van der Waals surface area contributed by atoms with Crippen LogP contribution >= 0.6 is 11.3 Å². The largest absolute Gasteiger partial charge is 0.273 e.